The van der Waals surface area contributed by atoms with Crippen LogP contribution in [0.2, 0.25) is 0 Å². The van der Waals surface area contributed by atoms with Crippen LogP contribution in [-0.4, -0.2) is 24.1 Å². The first kappa shape index (κ1) is 57.5. The van der Waals surface area contributed by atoms with E-state index in [1.165, 1.54) is 34.4 Å². The molecule has 0 N–H and O–H groups in total. The summed E-state index contributed by atoms with van der Waals surface area (Å²) in [6.45, 7) is 17.0. The van der Waals surface area contributed by atoms with E-state index in [9.17, 15) is 0 Å². The average Bonchev–Trinajstić information content (AvgIpc) is 1.55. The smallest absolute Gasteiger partial charge is 0.309 e. The molecule has 0 atom stereocenters. The van der Waals surface area contributed by atoms with Crippen LogP contribution in [0.5, 0.6) is 0 Å². The molecule has 0 saturated carbocycles. The maximum absolute atomic E-state index is 15.8. The van der Waals surface area contributed by atoms with Gasteiger partial charge in [0.15, 0.2) is 17.5 Å². The molecule has 0 aliphatic carbocycles. The molecule has 0 radical (unpaired) electrons. The van der Waals surface area contributed by atoms with Gasteiger partial charge in [0, 0.05) is 49.4 Å². The van der Waals surface area contributed by atoms with E-state index < -0.39 is 11.7 Å². The summed E-state index contributed by atoms with van der Waals surface area (Å²) >= 11 is 0. The Morgan fingerprint density at radius 2 is 0.587 bits per heavy atom. The molecule has 0 fully saturated rings. The highest BCUT2D eigenvalue weighted by molar-refractivity contribution is 6.14. The van der Waals surface area contributed by atoms with Crippen molar-refractivity contribution in [3.63, 3.8) is 0 Å². The number of benzene rings is 12. The third-order valence-electron chi connectivity index (χ3n) is 18.4. The third-order valence-corrected chi connectivity index (χ3v) is 18.4. The van der Waals surface area contributed by atoms with Gasteiger partial charge in [-0.25, -0.2) is 15.0 Å². The molecule has 0 spiro atoms. The lowest BCUT2D eigenvalue weighted by molar-refractivity contribution is -0.137. The second-order valence-electron chi connectivity index (χ2n) is 24.9. The molecule has 12 aromatic carbocycles. The van der Waals surface area contributed by atoms with Gasteiger partial charge in [0.05, 0.1) is 39.0 Å². The second-order valence-corrected chi connectivity index (χ2v) is 24.9. The number of nitrogens with zero attached hydrogens (tertiary/aromatic N) is 5. The van der Waals surface area contributed by atoms with Gasteiger partial charge in [-0.2, -0.15) is 13.2 Å². The number of fused-ring (bicyclic) bond motifs is 6. The summed E-state index contributed by atoms with van der Waals surface area (Å²) in [5, 5.41) is 3.93. The summed E-state index contributed by atoms with van der Waals surface area (Å²) in [4.78, 5) is 15.5. The minimum absolute atomic E-state index is 0.386. The largest absolute Gasteiger partial charge is 0.416 e. The summed E-state index contributed by atoms with van der Waals surface area (Å²) in [5.41, 5.74) is 25.2. The van der Waals surface area contributed by atoms with E-state index in [2.05, 4.69) is 216 Å². The monoisotopic (exact) mass is 1200 g/mol. The van der Waals surface area contributed by atoms with E-state index in [0.717, 1.165) is 122 Å². The van der Waals surface area contributed by atoms with Crippen molar-refractivity contribution < 1.29 is 13.2 Å². The zero-order valence-corrected chi connectivity index (χ0v) is 52.5. The van der Waals surface area contributed by atoms with Crippen molar-refractivity contribution in [1.82, 2.24) is 24.1 Å². The number of aromatic nitrogens is 5. The van der Waals surface area contributed by atoms with Gasteiger partial charge in [0.25, 0.3) is 0 Å². The van der Waals surface area contributed by atoms with Crippen LogP contribution < -0.4 is 0 Å². The van der Waals surface area contributed by atoms with Crippen LogP contribution in [0, 0.1) is 55.4 Å². The molecule has 3 aromatic heterocycles. The molecule has 0 bridgehead atoms. The van der Waals surface area contributed by atoms with Gasteiger partial charge in [-0.05, 0) is 195 Å². The Morgan fingerprint density at radius 3 is 0.935 bits per heavy atom. The van der Waals surface area contributed by atoms with Crippen molar-refractivity contribution in [3.8, 4) is 101 Å². The van der Waals surface area contributed by atoms with E-state index in [-0.39, 0.29) is 0 Å². The fourth-order valence-corrected chi connectivity index (χ4v) is 13.9. The predicted molar refractivity (Wildman–Crippen MR) is 375 cm³/mol. The molecular weight excluding hydrogens is 1140 g/mol. The van der Waals surface area contributed by atoms with Crippen LogP contribution in [0.3, 0.4) is 0 Å². The SMILES string of the molecule is Cc1ccc(-c2ccc3c(c2)c2cc(-c4ccc(C)cc4C)ccc2n3-c2ccc(C(F)(F)F)cc2-c2ccc(-c3nc(-c4ccccc4)nc(-c4ccccc4)n3)cc2-n2c3ccc(-c4ccc(C)cc4C)cc3c3cc(-c4ccc(C)cc4C)ccc32)c(C)c1. The average molecular weight is 1200 g/mol. The molecule has 0 aliphatic rings. The highest BCUT2D eigenvalue weighted by atomic mass is 19.4. The number of halogens is 3. The van der Waals surface area contributed by atoms with Crippen molar-refractivity contribution in [2.45, 2.75) is 61.6 Å². The second kappa shape index (κ2) is 22.5. The van der Waals surface area contributed by atoms with Gasteiger partial charge >= 0.3 is 6.18 Å². The lowest BCUT2D eigenvalue weighted by Gasteiger charge is -2.21. The van der Waals surface area contributed by atoms with E-state index in [1.54, 1.807) is 6.07 Å². The molecule has 8 heteroatoms. The Balaban J connectivity index is 1.05. The van der Waals surface area contributed by atoms with Gasteiger partial charge in [-0.3, -0.25) is 0 Å². The number of alkyl halides is 3. The van der Waals surface area contributed by atoms with Gasteiger partial charge in [-0.1, -0.05) is 192 Å². The lowest BCUT2D eigenvalue weighted by Crippen LogP contribution is -2.08. The third kappa shape index (κ3) is 10.2. The molecule has 0 aliphatic heterocycles. The van der Waals surface area contributed by atoms with E-state index in [4.69, 9.17) is 15.0 Å². The molecule has 446 valence electrons. The highest BCUT2D eigenvalue weighted by Gasteiger charge is 2.33. The molecule has 0 saturated heterocycles. The van der Waals surface area contributed by atoms with Crippen molar-refractivity contribution >= 4 is 43.6 Å². The molecule has 92 heavy (non-hydrogen) atoms. The summed E-state index contributed by atoms with van der Waals surface area (Å²) in [6, 6.07) is 82.3. The van der Waals surface area contributed by atoms with Gasteiger partial charge in [0.2, 0.25) is 0 Å². The van der Waals surface area contributed by atoms with Gasteiger partial charge in [0.1, 0.15) is 0 Å². The van der Waals surface area contributed by atoms with Crippen LogP contribution in [0.4, 0.5) is 13.2 Å². The molecular formula is C84H64F3N5. The molecule has 0 unspecified atom stereocenters. The standard InChI is InChI=1S/C84H64F3N5/c1-49-19-29-65(53(5)39-49)59-24-34-75-70(43-59)71-44-60(66-30-20-50(2)40-54(66)6)25-35-76(71)91(75)79-38-28-64(84(85,86)87)48-74(79)69-33-23-63(83-89-81(57-15-11-9-12-16-57)88-82(90-83)58-17-13-10-14-18-58)47-80(69)92-77-36-26-61(67-31-21-51(3)41-55(67)7)45-72(77)73-46-62(27-37-78(73)92)68-32-22-52(4)42-56(68)8/h9-48H,1-8H3. The molecule has 15 rings (SSSR count). The molecule has 5 nitrogen and oxygen atoms in total. The number of aryl methyl sites for hydroxylation is 8. The Hall–Kier alpha value is -11.0. The first-order valence-electron chi connectivity index (χ1n) is 31.2. The molecule has 15 aromatic rings. The fourth-order valence-electron chi connectivity index (χ4n) is 13.9. The Labute approximate surface area is 533 Å². The van der Waals surface area contributed by atoms with Crippen molar-refractivity contribution in [1.29, 1.82) is 0 Å². The lowest BCUT2D eigenvalue weighted by atomic mass is 9.95. The zero-order chi connectivity index (χ0) is 63.3. The summed E-state index contributed by atoms with van der Waals surface area (Å²) in [6.07, 6.45) is -4.69. The molecule has 0 amide bonds. The van der Waals surface area contributed by atoms with E-state index >= 15 is 13.2 Å². The topological polar surface area (TPSA) is 48.5 Å². The van der Waals surface area contributed by atoms with E-state index in [0.29, 0.717) is 45.5 Å². The highest BCUT2D eigenvalue weighted by Crippen LogP contribution is 2.47. The minimum Gasteiger partial charge on any atom is -0.309 e. The summed E-state index contributed by atoms with van der Waals surface area (Å²) in [7, 11) is 0. The van der Waals surface area contributed by atoms with Crippen LogP contribution in [0.1, 0.15) is 50.1 Å². The minimum atomic E-state index is -4.69. The normalized spacial score (nSPS) is 11.9. The number of hydrogen-bond donors (Lipinski definition) is 0. The first-order valence-corrected chi connectivity index (χ1v) is 31.2. The van der Waals surface area contributed by atoms with Crippen LogP contribution in [-0.2, 0) is 6.18 Å². The van der Waals surface area contributed by atoms with E-state index in [1.807, 2.05) is 72.8 Å². The zero-order valence-electron chi connectivity index (χ0n) is 52.5. The molecule has 3 heterocycles. The van der Waals surface area contributed by atoms with Crippen molar-refractivity contribution in [2.75, 3.05) is 0 Å². The maximum atomic E-state index is 15.8. The first-order chi connectivity index (χ1) is 44.5. The summed E-state index contributed by atoms with van der Waals surface area (Å²) < 4.78 is 51.9. The van der Waals surface area contributed by atoms with Crippen molar-refractivity contribution in [2.24, 2.45) is 0 Å². The quantitative estimate of drug-likeness (QED) is 0.137. The Morgan fingerprint density at radius 1 is 0.261 bits per heavy atom. The van der Waals surface area contributed by atoms with Crippen LogP contribution >= 0.6 is 0 Å². The fraction of sp³-hybridized carbons (Fsp3) is 0.107. The number of rotatable bonds is 10. The van der Waals surface area contributed by atoms with Crippen LogP contribution in [0.25, 0.3) is 145 Å². The maximum Gasteiger partial charge on any atom is 0.416 e. The van der Waals surface area contributed by atoms with Gasteiger partial charge < -0.3 is 9.13 Å². The number of hydrogen-bond acceptors (Lipinski definition) is 3. The Bertz CT molecular complexity index is 5200. The van der Waals surface area contributed by atoms with Crippen LogP contribution in [0.15, 0.2) is 243 Å². The van der Waals surface area contributed by atoms with Crippen molar-refractivity contribution in [3.05, 3.63) is 293 Å². The summed E-state index contributed by atoms with van der Waals surface area (Å²) in [5.74, 6) is 1.39. The predicted octanol–water partition coefficient (Wildman–Crippen LogP) is 22.9. The Kier molecular flexibility index (Phi) is 14.1. The van der Waals surface area contributed by atoms with Gasteiger partial charge in [-0.15, -0.1) is 0 Å².